The molecule has 2 rings (SSSR count). The number of benzene rings is 1. The van der Waals surface area contributed by atoms with Crippen molar-refractivity contribution in [1.29, 1.82) is 0 Å². The van der Waals surface area contributed by atoms with Gasteiger partial charge in [-0.3, -0.25) is 9.59 Å². The molecule has 0 aliphatic rings. The number of anilines is 1. The van der Waals surface area contributed by atoms with Crippen LogP contribution in [0.3, 0.4) is 0 Å². The number of hydrogen-bond acceptors (Lipinski definition) is 5. The van der Waals surface area contributed by atoms with Gasteiger partial charge in [0.05, 0.1) is 18.0 Å². The fourth-order valence-corrected chi connectivity index (χ4v) is 3.34. The Kier molecular flexibility index (Phi) is 9.23. The molecular weight excluding hydrogens is 434 g/mol. The van der Waals surface area contributed by atoms with Crippen LogP contribution in [0.5, 0.6) is 0 Å². The largest absolute Gasteiger partial charge is 0.465 e. The molecule has 34 heavy (non-hydrogen) atoms. The molecule has 2 aromatic rings. The van der Waals surface area contributed by atoms with E-state index in [2.05, 4.69) is 31.4 Å². The highest BCUT2D eigenvalue weighted by Gasteiger charge is 2.23. The average molecular weight is 472 g/mol. The number of nitrogens with zero attached hydrogens (tertiary/aromatic N) is 3. The summed E-state index contributed by atoms with van der Waals surface area (Å²) in [5.41, 5.74) is 3.68. The number of nitrogens with one attached hydrogen (secondary N) is 2. The number of hydrogen-bond donors (Lipinski definition) is 2. The Bertz CT molecular complexity index is 1020. The summed E-state index contributed by atoms with van der Waals surface area (Å²) in [6.45, 7) is 14.0. The lowest BCUT2D eigenvalue weighted by Crippen LogP contribution is -2.46. The highest BCUT2D eigenvalue weighted by Crippen LogP contribution is 2.28. The molecule has 9 heteroatoms. The molecule has 0 unspecified atom stereocenters. The van der Waals surface area contributed by atoms with Crippen LogP contribution in [-0.2, 0) is 19.7 Å². The van der Waals surface area contributed by atoms with E-state index in [1.807, 2.05) is 45.0 Å². The zero-order valence-electron chi connectivity index (χ0n) is 21.3. The molecule has 0 spiro atoms. The third-order valence-electron chi connectivity index (χ3n) is 5.35. The second kappa shape index (κ2) is 11.7. The Morgan fingerprint density at radius 1 is 1.15 bits per heavy atom. The number of rotatable bonds is 9. The number of carbonyl (C=O) groups is 3. The monoisotopic (exact) mass is 471 g/mol. The van der Waals surface area contributed by atoms with E-state index in [4.69, 9.17) is 9.84 Å². The molecule has 2 N–H and O–H groups in total. The van der Waals surface area contributed by atoms with Gasteiger partial charge in [-0.2, -0.15) is 5.10 Å². The molecular formula is C25H37N5O4. The van der Waals surface area contributed by atoms with Crippen LogP contribution in [0.15, 0.2) is 24.3 Å². The van der Waals surface area contributed by atoms with Gasteiger partial charge in [0.15, 0.2) is 0 Å². The number of ether oxygens (including phenoxy) is 1. The first-order chi connectivity index (χ1) is 16.0. The lowest BCUT2D eigenvalue weighted by atomic mass is 9.92. The Morgan fingerprint density at radius 3 is 2.47 bits per heavy atom. The maximum atomic E-state index is 13.0. The molecule has 0 saturated carbocycles. The predicted octanol–water partition coefficient (Wildman–Crippen LogP) is 3.71. The zero-order valence-corrected chi connectivity index (χ0v) is 21.3. The van der Waals surface area contributed by atoms with Crippen molar-refractivity contribution in [3.8, 4) is 5.69 Å². The minimum absolute atomic E-state index is 0.161. The molecule has 0 fully saturated rings. The van der Waals surface area contributed by atoms with Crippen LogP contribution >= 0.6 is 0 Å². The minimum Gasteiger partial charge on any atom is -0.465 e. The van der Waals surface area contributed by atoms with E-state index in [1.165, 1.54) is 4.90 Å². The first-order valence-electron chi connectivity index (χ1n) is 11.6. The molecule has 0 aliphatic carbocycles. The van der Waals surface area contributed by atoms with Crippen LogP contribution in [0.25, 0.3) is 5.69 Å². The second-order valence-electron chi connectivity index (χ2n) is 9.23. The summed E-state index contributed by atoms with van der Waals surface area (Å²) in [5.74, 6) is -0.345. The normalized spacial score (nSPS) is 11.1. The Balaban J connectivity index is 2.24. The van der Waals surface area contributed by atoms with Gasteiger partial charge in [-0.15, -0.1) is 0 Å². The molecule has 9 nitrogen and oxygen atoms in total. The van der Waals surface area contributed by atoms with Crippen molar-refractivity contribution < 1.29 is 19.1 Å². The molecule has 1 heterocycles. The molecule has 0 bridgehead atoms. The summed E-state index contributed by atoms with van der Waals surface area (Å²) in [7, 11) is 0. The van der Waals surface area contributed by atoms with Gasteiger partial charge >= 0.3 is 12.0 Å². The van der Waals surface area contributed by atoms with E-state index in [-0.39, 0.29) is 31.0 Å². The van der Waals surface area contributed by atoms with Gasteiger partial charge in [0.25, 0.3) is 0 Å². The molecule has 0 aliphatic heterocycles. The summed E-state index contributed by atoms with van der Waals surface area (Å²) < 4.78 is 6.58. The molecule has 186 valence electrons. The van der Waals surface area contributed by atoms with E-state index in [1.54, 1.807) is 11.6 Å². The molecule has 3 amide bonds. The van der Waals surface area contributed by atoms with Crippen molar-refractivity contribution >= 4 is 23.7 Å². The fraction of sp³-hybridized carbons (Fsp3) is 0.520. The second-order valence-corrected chi connectivity index (χ2v) is 9.23. The SMILES string of the molecule is CCCN(CC(=O)Nc1cc(C(C)(C)C)nn1-c1cccc(C)c1C)C(=O)NCC(=O)OCC. The van der Waals surface area contributed by atoms with Gasteiger partial charge in [0.1, 0.15) is 18.9 Å². The van der Waals surface area contributed by atoms with Crippen molar-refractivity contribution in [2.24, 2.45) is 0 Å². The third-order valence-corrected chi connectivity index (χ3v) is 5.35. The van der Waals surface area contributed by atoms with Crippen molar-refractivity contribution in [3.63, 3.8) is 0 Å². The predicted molar refractivity (Wildman–Crippen MR) is 132 cm³/mol. The number of carbonyl (C=O) groups excluding carboxylic acids is 3. The van der Waals surface area contributed by atoms with E-state index >= 15 is 0 Å². The number of urea groups is 1. The molecule has 0 radical (unpaired) electrons. The first-order valence-corrected chi connectivity index (χ1v) is 11.6. The summed E-state index contributed by atoms with van der Waals surface area (Å²) >= 11 is 0. The Labute approximate surface area is 201 Å². The molecule has 1 aromatic carbocycles. The van der Waals surface area contributed by atoms with Crippen molar-refractivity contribution in [2.45, 2.75) is 60.3 Å². The van der Waals surface area contributed by atoms with E-state index < -0.39 is 12.0 Å². The highest BCUT2D eigenvalue weighted by molar-refractivity contribution is 5.94. The number of aryl methyl sites for hydroxylation is 1. The smallest absolute Gasteiger partial charge is 0.325 e. The maximum absolute atomic E-state index is 13.0. The molecule has 0 atom stereocenters. The lowest BCUT2D eigenvalue weighted by molar-refractivity contribution is -0.141. The van der Waals surface area contributed by atoms with Crippen molar-refractivity contribution in [2.75, 3.05) is 31.6 Å². The zero-order chi connectivity index (χ0) is 25.5. The quantitative estimate of drug-likeness (QED) is 0.543. The minimum atomic E-state index is -0.524. The average Bonchev–Trinajstić information content (AvgIpc) is 3.17. The standard InChI is InChI=1S/C25H37N5O4/c1-8-13-29(24(33)26-15-23(32)34-9-2)16-22(31)27-21-14-20(25(5,6)7)28-30(21)19-12-10-11-17(3)18(19)4/h10-12,14H,8-9,13,15-16H2,1-7H3,(H,26,33)(H,27,31). The Morgan fingerprint density at radius 2 is 1.85 bits per heavy atom. The Hall–Kier alpha value is -3.36. The number of amides is 3. The van der Waals surface area contributed by atoms with Gasteiger partial charge in [-0.1, -0.05) is 39.8 Å². The van der Waals surface area contributed by atoms with Crippen LogP contribution in [0.4, 0.5) is 10.6 Å². The summed E-state index contributed by atoms with van der Waals surface area (Å²) in [6, 6.07) is 7.32. The summed E-state index contributed by atoms with van der Waals surface area (Å²) in [6.07, 6.45) is 0.661. The van der Waals surface area contributed by atoms with E-state index in [0.29, 0.717) is 18.8 Å². The van der Waals surface area contributed by atoms with Gasteiger partial charge in [0, 0.05) is 18.0 Å². The summed E-state index contributed by atoms with van der Waals surface area (Å²) in [4.78, 5) is 38.4. The van der Waals surface area contributed by atoms with Crippen molar-refractivity contribution in [3.05, 3.63) is 41.1 Å². The molecule has 1 aromatic heterocycles. The van der Waals surface area contributed by atoms with Gasteiger partial charge in [0.2, 0.25) is 5.91 Å². The molecule has 0 saturated heterocycles. The maximum Gasteiger partial charge on any atom is 0.325 e. The fourth-order valence-electron chi connectivity index (χ4n) is 3.34. The van der Waals surface area contributed by atoms with Crippen LogP contribution in [0, 0.1) is 13.8 Å². The third kappa shape index (κ3) is 7.07. The van der Waals surface area contributed by atoms with Crippen LogP contribution in [0.2, 0.25) is 0 Å². The van der Waals surface area contributed by atoms with Crippen molar-refractivity contribution in [1.82, 2.24) is 20.0 Å². The van der Waals surface area contributed by atoms with Crippen LogP contribution < -0.4 is 10.6 Å². The van der Waals surface area contributed by atoms with E-state index in [0.717, 1.165) is 22.5 Å². The van der Waals surface area contributed by atoms with E-state index in [9.17, 15) is 14.4 Å². The van der Waals surface area contributed by atoms with Crippen LogP contribution in [-0.4, -0.2) is 58.8 Å². The van der Waals surface area contributed by atoms with Gasteiger partial charge in [-0.05, 0) is 44.4 Å². The number of aromatic nitrogens is 2. The number of esters is 1. The summed E-state index contributed by atoms with van der Waals surface area (Å²) in [5, 5.41) is 10.2. The van der Waals surface area contributed by atoms with Crippen LogP contribution in [0.1, 0.15) is 57.9 Å². The highest BCUT2D eigenvalue weighted by atomic mass is 16.5. The van der Waals surface area contributed by atoms with Gasteiger partial charge < -0.3 is 20.3 Å². The lowest BCUT2D eigenvalue weighted by Gasteiger charge is -2.22. The first kappa shape index (κ1) is 26.9. The van der Waals surface area contributed by atoms with Gasteiger partial charge in [-0.25, -0.2) is 9.48 Å². The topological polar surface area (TPSA) is 106 Å².